The molecule has 2 heteroatoms. The van der Waals surface area contributed by atoms with E-state index in [0.717, 1.165) is 25.2 Å². The molecule has 1 N–H and O–H groups in total. The van der Waals surface area contributed by atoms with Crippen molar-refractivity contribution in [3.8, 4) is 11.3 Å². The van der Waals surface area contributed by atoms with E-state index in [-0.39, 0.29) is 0 Å². The lowest BCUT2D eigenvalue weighted by Crippen LogP contribution is -2.14. The van der Waals surface area contributed by atoms with Gasteiger partial charge in [0.25, 0.3) is 0 Å². The Morgan fingerprint density at radius 3 is 2.78 bits per heavy atom. The van der Waals surface area contributed by atoms with Crippen molar-refractivity contribution in [3.05, 3.63) is 53.7 Å². The van der Waals surface area contributed by atoms with Crippen molar-refractivity contribution in [2.24, 2.45) is 0 Å². The summed E-state index contributed by atoms with van der Waals surface area (Å²) < 4.78 is 0. The minimum Gasteiger partial charge on any atom is -0.313 e. The summed E-state index contributed by atoms with van der Waals surface area (Å²) in [4.78, 5) is 4.45. The molecule has 2 nitrogen and oxygen atoms in total. The Balaban J connectivity index is 2.29. The van der Waals surface area contributed by atoms with Crippen LogP contribution in [-0.4, -0.2) is 11.5 Å². The van der Waals surface area contributed by atoms with Gasteiger partial charge in [-0.1, -0.05) is 30.7 Å². The summed E-state index contributed by atoms with van der Waals surface area (Å²) in [6, 6.07) is 12.6. The van der Waals surface area contributed by atoms with Crippen molar-refractivity contribution in [1.29, 1.82) is 0 Å². The third kappa shape index (κ3) is 3.17. The van der Waals surface area contributed by atoms with Gasteiger partial charge in [-0.2, -0.15) is 0 Å². The van der Waals surface area contributed by atoms with Gasteiger partial charge in [-0.3, -0.25) is 4.98 Å². The minimum absolute atomic E-state index is 0.903. The second kappa shape index (κ2) is 6.31. The number of aromatic nitrogens is 1. The van der Waals surface area contributed by atoms with Crippen LogP contribution >= 0.6 is 0 Å². The Morgan fingerprint density at radius 1 is 1.17 bits per heavy atom. The van der Waals surface area contributed by atoms with Crippen molar-refractivity contribution in [3.63, 3.8) is 0 Å². The van der Waals surface area contributed by atoms with Crippen LogP contribution in [0.2, 0.25) is 0 Å². The molecule has 0 aliphatic heterocycles. The maximum absolute atomic E-state index is 4.45. The Labute approximate surface area is 109 Å². The third-order valence-corrected chi connectivity index (χ3v) is 2.95. The van der Waals surface area contributed by atoms with Crippen LogP contribution in [0, 0.1) is 6.92 Å². The molecule has 0 aliphatic rings. The number of nitrogens with zero attached hydrogens (tertiary/aromatic N) is 1. The molecule has 0 aliphatic carbocycles. The van der Waals surface area contributed by atoms with Crippen LogP contribution in [0.1, 0.15) is 24.5 Å². The molecule has 0 saturated heterocycles. The first kappa shape index (κ1) is 12.8. The number of rotatable bonds is 5. The summed E-state index contributed by atoms with van der Waals surface area (Å²) in [5, 5.41) is 3.45. The highest BCUT2D eigenvalue weighted by Crippen LogP contribution is 2.22. The molecule has 0 unspecified atom stereocenters. The van der Waals surface area contributed by atoms with E-state index in [2.05, 4.69) is 48.4 Å². The molecule has 0 amide bonds. The van der Waals surface area contributed by atoms with Crippen LogP contribution in [0.15, 0.2) is 42.6 Å². The summed E-state index contributed by atoms with van der Waals surface area (Å²) in [6.07, 6.45) is 3.01. The van der Waals surface area contributed by atoms with Crippen LogP contribution < -0.4 is 5.32 Å². The predicted molar refractivity (Wildman–Crippen MR) is 76.4 cm³/mol. The average molecular weight is 240 g/mol. The predicted octanol–water partition coefficient (Wildman–Crippen LogP) is 3.56. The first-order chi connectivity index (χ1) is 8.81. The van der Waals surface area contributed by atoms with Gasteiger partial charge in [-0.25, -0.2) is 0 Å². The fraction of sp³-hybridized carbons (Fsp3) is 0.312. The smallest absolute Gasteiger partial charge is 0.0705 e. The van der Waals surface area contributed by atoms with Gasteiger partial charge >= 0.3 is 0 Å². The zero-order chi connectivity index (χ0) is 12.8. The van der Waals surface area contributed by atoms with E-state index in [9.17, 15) is 0 Å². The first-order valence-corrected chi connectivity index (χ1v) is 6.53. The Morgan fingerprint density at radius 2 is 2.06 bits per heavy atom. The molecule has 0 fully saturated rings. The quantitative estimate of drug-likeness (QED) is 0.808. The second-order valence-electron chi connectivity index (χ2n) is 4.55. The molecule has 0 spiro atoms. The van der Waals surface area contributed by atoms with Gasteiger partial charge in [-0.15, -0.1) is 0 Å². The van der Waals surface area contributed by atoms with Crippen LogP contribution in [0.25, 0.3) is 11.3 Å². The van der Waals surface area contributed by atoms with Crippen LogP contribution in [0.3, 0.4) is 0 Å². The van der Waals surface area contributed by atoms with Gasteiger partial charge in [0.15, 0.2) is 0 Å². The lowest BCUT2D eigenvalue weighted by Gasteiger charge is -2.11. The molecule has 1 aromatic carbocycles. The summed E-state index contributed by atoms with van der Waals surface area (Å²) in [5.41, 5.74) is 4.87. The fourth-order valence-electron chi connectivity index (χ4n) is 2.00. The molecule has 18 heavy (non-hydrogen) atoms. The third-order valence-electron chi connectivity index (χ3n) is 2.95. The standard InChI is InChI=1S/C16H20N2/c1-3-9-17-12-14-8-7-13(2)11-15(14)16-6-4-5-10-18-16/h4-8,10-11,17H,3,9,12H2,1-2H3. The van der Waals surface area contributed by atoms with E-state index < -0.39 is 0 Å². The van der Waals surface area contributed by atoms with Gasteiger partial charge in [-0.05, 0) is 43.7 Å². The van der Waals surface area contributed by atoms with Gasteiger partial charge in [0.2, 0.25) is 0 Å². The Hall–Kier alpha value is -1.67. The van der Waals surface area contributed by atoms with Gasteiger partial charge in [0.1, 0.15) is 0 Å². The number of pyridine rings is 1. The van der Waals surface area contributed by atoms with E-state index in [1.165, 1.54) is 16.7 Å². The second-order valence-corrected chi connectivity index (χ2v) is 4.55. The SMILES string of the molecule is CCCNCc1ccc(C)cc1-c1ccccn1. The van der Waals surface area contributed by atoms with Crippen LogP contribution in [0.4, 0.5) is 0 Å². The zero-order valence-corrected chi connectivity index (χ0v) is 11.1. The molecule has 0 saturated carbocycles. The number of hydrogen-bond donors (Lipinski definition) is 1. The first-order valence-electron chi connectivity index (χ1n) is 6.53. The van der Waals surface area contributed by atoms with Gasteiger partial charge in [0.05, 0.1) is 5.69 Å². The maximum atomic E-state index is 4.45. The lowest BCUT2D eigenvalue weighted by atomic mass is 10.0. The van der Waals surface area contributed by atoms with Crippen molar-refractivity contribution in [2.75, 3.05) is 6.54 Å². The molecular formula is C16H20N2. The molecule has 1 aromatic heterocycles. The van der Waals surface area contributed by atoms with E-state index in [1.807, 2.05) is 18.3 Å². The monoisotopic (exact) mass is 240 g/mol. The summed E-state index contributed by atoms with van der Waals surface area (Å²) in [6.45, 7) is 6.26. The number of aryl methyl sites for hydroxylation is 1. The molecule has 0 atom stereocenters. The molecule has 94 valence electrons. The topological polar surface area (TPSA) is 24.9 Å². The molecule has 0 bridgehead atoms. The summed E-state index contributed by atoms with van der Waals surface area (Å²) in [5.74, 6) is 0. The minimum atomic E-state index is 0.903. The summed E-state index contributed by atoms with van der Waals surface area (Å²) in [7, 11) is 0. The van der Waals surface area contributed by atoms with Crippen molar-refractivity contribution in [2.45, 2.75) is 26.8 Å². The van der Waals surface area contributed by atoms with Crippen LogP contribution in [0.5, 0.6) is 0 Å². The van der Waals surface area contributed by atoms with Crippen molar-refractivity contribution < 1.29 is 0 Å². The number of hydrogen-bond acceptors (Lipinski definition) is 2. The number of benzene rings is 1. The van der Waals surface area contributed by atoms with Crippen molar-refractivity contribution in [1.82, 2.24) is 10.3 Å². The van der Waals surface area contributed by atoms with Crippen LogP contribution in [-0.2, 0) is 6.54 Å². The normalized spacial score (nSPS) is 10.6. The molecule has 0 radical (unpaired) electrons. The lowest BCUT2D eigenvalue weighted by molar-refractivity contribution is 0.676. The van der Waals surface area contributed by atoms with Gasteiger partial charge < -0.3 is 5.32 Å². The van der Waals surface area contributed by atoms with Gasteiger partial charge in [0, 0.05) is 18.3 Å². The Kier molecular flexibility index (Phi) is 4.48. The highest BCUT2D eigenvalue weighted by molar-refractivity contribution is 5.64. The average Bonchev–Trinajstić information content (AvgIpc) is 2.41. The van der Waals surface area contributed by atoms with Crippen molar-refractivity contribution >= 4 is 0 Å². The highest BCUT2D eigenvalue weighted by Gasteiger charge is 2.05. The molecule has 1 heterocycles. The maximum Gasteiger partial charge on any atom is 0.0705 e. The van der Waals surface area contributed by atoms with E-state index >= 15 is 0 Å². The van der Waals surface area contributed by atoms with E-state index in [0.29, 0.717) is 0 Å². The zero-order valence-electron chi connectivity index (χ0n) is 11.1. The van der Waals surface area contributed by atoms with E-state index in [1.54, 1.807) is 0 Å². The molecule has 2 aromatic rings. The Bertz CT molecular complexity index is 492. The molecular weight excluding hydrogens is 220 g/mol. The fourth-order valence-corrected chi connectivity index (χ4v) is 2.00. The highest BCUT2D eigenvalue weighted by atomic mass is 14.8. The summed E-state index contributed by atoms with van der Waals surface area (Å²) >= 11 is 0. The number of nitrogens with one attached hydrogen (secondary N) is 1. The molecule has 2 rings (SSSR count). The van der Waals surface area contributed by atoms with E-state index in [4.69, 9.17) is 0 Å². The largest absolute Gasteiger partial charge is 0.313 e.